The highest BCUT2D eigenvalue weighted by Crippen LogP contribution is 2.23. The normalized spacial score (nSPS) is 15.6. The summed E-state index contributed by atoms with van der Waals surface area (Å²) in [6, 6.07) is 2.52. The third kappa shape index (κ3) is 1.86. The fourth-order valence-corrected chi connectivity index (χ4v) is 1.53. The number of rotatable bonds is 4. The van der Waals surface area contributed by atoms with Gasteiger partial charge in [0.2, 0.25) is 5.89 Å². The Balaban J connectivity index is 1.74. The lowest BCUT2D eigenvalue weighted by Gasteiger charge is -1.95. The van der Waals surface area contributed by atoms with E-state index in [1.807, 2.05) is 13.0 Å². The topological polar surface area (TPSA) is 64.1 Å². The lowest BCUT2D eigenvalue weighted by molar-refractivity contribution is 0.459. The van der Waals surface area contributed by atoms with Gasteiger partial charge in [-0.05, 0) is 25.8 Å². The van der Waals surface area contributed by atoms with Crippen LogP contribution < -0.4 is 5.32 Å². The van der Waals surface area contributed by atoms with Crippen molar-refractivity contribution in [1.29, 1.82) is 0 Å². The summed E-state index contributed by atoms with van der Waals surface area (Å²) < 4.78 is 10.8. The minimum Gasteiger partial charge on any atom is -0.459 e. The van der Waals surface area contributed by atoms with Crippen molar-refractivity contribution in [3.63, 3.8) is 0 Å². The van der Waals surface area contributed by atoms with Gasteiger partial charge in [0.05, 0.1) is 12.8 Å². The van der Waals surface area contributed by atoms with Crippen molar-refractivity contribution in [2.45, 2.75) is 32.4 Å². The van der Waals surface area contributed by atoms with Crippen LogP contribution in [0.4, 0.5) is 0 Å². The highest BCUT2D eigenvalue weighted by molar-refractivity contribution is 5.49. The Morgan fingerprint density at radius 1 is 1.44 bits per heavy atom. The number of aromatic nitrogens is 2. The first-order chi connectivity index (χ1) is 7.83. The number of aryl methyl sites for hydroxylation is 1. The van der Waals surface area contributed by atoms with Gasteiger partial charge >= 0.3 is 0 Å². The van der Waals surface area contributed by atoms with Gasteiger partial charge < -0.3 is 14.2 Å². The molecule has 0 spiro atoms. The van der Waals surface area contributed by atoms with Crippen molar-refractivity contribution >= 4 is 0 Å². The fourth-order valence-electron chi connectivity index (χ4n) is 1.53. The zero-order valence-corrected chi connectivity index (χ0v) is 9.06. The lowest BCUT2D eigenvalue weighted by atomic mass is 10.3. The molecule has 0 radical (unpaired) electrons. The number of furan rings is 1. The van der Waals surface area contributed by atoms with E-state index in [-0.39, 0.29) is 0 Å². The average Bonchev–Trinajstić information content (AvgIpc) is 2.82. The van der Waals surface area contributed by atoms with Crippen molar-refractivity contribution < 1.29 is 8.83 Å². The Kier molecular flexibility index (Phi) is 2.25. The predicted molar refractivity (Wildman–Crippen MR) is 56.6 cm³/mol. The molecule has 1 saturated carbocycles. The quantitative estimate of drug-likeness (QED) is 0.850. The van der Waals surface area contributed by atoms with Gasteiger partial charge in [-0.3, -0.25) is 0 Å². The van der Waals surface area contributed by atoms with E-state index in [0.29, 0.717) is 30.1 Å². The summed E-state index contributed by atoms with van der Waals surface area (Å²) in [4.78, 5) is 0. The molecule has 1 aliphatic carbocycles. The maximum absolute atomic E-state index is 5.51. The monoisotopic (exact) mass is 219 g/mol. The molecule has 3 rings (SSSR count). The molecule has 0 atom stereocenters. The summed E-state index contributed by atoms with van der Waals surface area (Å²) in [6.45, 7) is 2.59. The van der Waals surface area contributed by atoms with E-state index >= 15 is 0 Å². The first kappa shape index (κ1) is 9.59. The smallest absolute Gasteiger partial charge is 0.283 e. The van der Waals surface area contributed by atoms with Crippen LogP contribution in [0.1, 0.15) is 24.3 Å². The third-order valence-electron chi connectivity index (χ3n) is 2.64. The van der Waals surface area contributed by atoms with Crippen molar-refractivity contribution in [3.8, 4) is 11.7 Å². The van der Waals surface area contributed by atoms with Crippen LogP contribution in [0.2, 0.25) is 0 Å². The molecule has 0 unspecified atom stereocenters. The van der Waals surface area contributed by atoms with Crippen LogP contribution in [0.5, 0.6) is 0 Å². The Labute approximate surface area is 92.9 Å². The van der Waals surface area contributed by atoms with E-state index in [4.69, 9.17) is 8.83 Å². The van der Waals surface area contributed by atoms with Gasteiger partial charge in [0.25, 0.3) is 5.89 Å². The molecule has 0 saturated heterocycles. The van der Waals surface area contributed by atoms with Crippen LogP contribution in [-0.2, 0) is 6.54 Å². The van der Waals surface area contributed by atoms with Crippen molar-refractivity contribution in [1.82, 2.24) is 15.5 Å². The van der Waals surface area contributed by atoms with Gasteiger partial charge in [-0.25, -0.2) is 0 Å². The summed E-state index contributed by atoms with van der Waals surface area (Å²) in [5.74, 6) is 1.72. The van der Waals surface area contributed by atoms with Crippen LogP contribution in [0.25, 0.3) is 11.7 Å². The Bertz CT molecular complexity index is 485. The minimum atomic E-state index is 0.454. The molecule has 2 aromatic rings. The largest absolute Gasteiger partial charge is 0.459 e. The van der Waals surface area contributed by atoms with Gasteiger partial charge in [-0.1, -0.05) is 0 Å². The second-order valence-electron chi connectivity index (χ2n) is 4.09. The second kappa shape index (κ2) is 3.75. The summed E-state index contributed by atoms with van der Waals surface area (Å²) >= 11 is 0. The zero-order valence-electron chi connectivity index (χ0n) is 9.06. The van der Waals surface area contributed by atoms with E-state index in [1.54, 1.807) is 6.26 Å². The summed E-state index contributed by atoms with van der Waals surface area (Å²) in [6.07, 6.45) is 4.12. The van der Waals surface area contributed by atoms with E-state index in [0.717, 1.165) is 5.56 Å². The SMILES string of the molecule is Cc1ccoc1-c1nnc(CNC2CC2)o1. The molecule has 1 aliphatic rings. The molecule has 1 fully saturated rings. The van der Waals surface area contributed by atoms with Crippen molar-refractivity contribution in [2.24, 2.45) is 0 Å². The maximum Gasteiger partial charge on any atom is 0.283 e. The van der Waals surface area contributed by atoms with Crippen molar-refractivity contribution in [3.05, 3.63) is 23.8 Å². The first-order valence-electron chi connectivity index (χ1n) is 5.43. The summed E-state index contributed by atoms with van der Waals surface area (Å²) in [5.41, 5.74) is 1.00. The van der Waals surface area contributed by atoms with Gasteiger partial charge in [0.1, 0.15) is 0 Å². The molecule has 0 bridgehead atoms. The Hall–Kier alpha value is -1.62. The number of nitrogens with one attached hydrogen (secondary N) is 1. The highest BCUT2D eigenvalue weighted by atomic mass is 16.4. The van der Waals surface area contributed by atoms with E-state index < -0.39 is 0 Å². The molecule has 2 heterocycles. The van der Waals surface area contributed by atoms with Gasteiger partial charge in [0.15, 0.2) is 5.76 Å². The standard InChI is InChI=1S/C11H13N3O2/c1-7-4-5-15-10(7)11-14-13-9(16-11)6-12-8-2-3-8/h4-5,8,12H,2-3,6H2,1H3. The van der Waals surface area contributed by atoms with E-state index in [1.165, 1.54) is 12.8 Å². The second-order valence-corrected chi connectivity index (χ2v) is 4.09. The molecular weight excluding hydrogens is 206 g/mol. The minimum absolute atomic E-state index is 0.454. The van der Waals surface area contributed by atoms with Gasteiger partial charge in [0, 0.05) is 11.6 Å². The van der Waals surface area contributed by atoms with Gasteiger partial charge in [-0.15, -0.1) is 10.2 Å². The number of hydrogen-bond acceptors (Lipinski definition) is 5. The molecule has 0 aliphatic heterocycles. The molecule has 5 nitrogen and oxygen atoms in total. The van der Waals surface area contributed by atoms with E-state index in [9.17, 15) is 0 Å². The molecule has 0 aromatic carbocycles. The average molecular weight is 219 g/mol. The molecule has 1 N–H and O–H groups in total. The zero-order chi connectivity index (χ0) is 11.0. The molecule has 0 amide bonds. The Morgan fingerprint density at radius 3 is 3.00 bits per heavy atom. The first-order valence-corrected chi connectivity index (χ1v) is 5.43. The molecule has 16 heavy (non-hydrogen) atoms. The predicted octanol–water partition coefficient (Wildman–Crippen LogP) is 1.89. The van der Waals surface area contributed by atoms with Crippen LogP contribution in [-0.4, -0.2) is 16.2 Å². The highest BCUT2D eigenvalue weighted by Gasteiger charge is 2.21. The van der Waals surface area contributed by atoms with Crippen LogP contribution in [0.3, 0.4) is 0 Å². The maximum atomic E-state index is 5.51. The van der Waals surface area contributed by atoms with Crippen LogP contribution in [0, 0.1) is 6.92 Å². The van der Waals surface area contributed by atoms with Crippen LogP contribution >= 0.6 is 0 Å². The molecule has 84 valence electrons. The van der Waals surface area contributed by atoms with Crippen molar-refractivity contribution in [2.75, 3.05) is 0 Å². The molecule has 2 aromatic heterocycles. The van der Waals surface area contributed by atoms with E-state index in [2.05, 4.69) is 15.5 Å². The fraction of sp³-hybridized carbons (Fsp3) is 0.455. The molecular formula is C11H13N3O2. The third-order valence-corrected chi connectivity index (χ3v) is 2.64. The summed E-state index contributed by atoms with van der Waals surface area (Å²) in [7, 11) is 0. The number of hydrogen-bond donors (Lipinski definition) is 1. The molecule has 5 heteroatoms. The Morgan fingerprint density at radius 2 is 2.31 bits per heavy atom. The number of nitrogens with zero attached hydrogens (tertiary/aromatic N) is 2. The van der Waals surface area contributed by atoms with Gasteiger partial charge in [-0.2, -0.15) is 0 Å². The summed E-state index contributed by atoms with van der Waals surface area (Å²) in [5, 5.41) is 11.3. The van der Waals surface area contributed by atoms with Crippen LogP contribution in [0.15, 0.2) is 21.2 Å². The lowest BCUT2D eigenvalue weighted by Crippen LogP contribution is -2.15.